The summed E-state index contributed by atoms with van der Waals surface area (Å²) in [5, 5.41) is 5.87. The molecule has 3 rings (SSSR count). The third-order valence-electron chi connectivity index (χ3n) is 4.14. The first-order valence-electron chi connectivity index (χ1n) is 7.90. The van der Waals surface area contributed by atoms with Crippen molar-refractivity contribution in [1.29, 1.82) is 0 Å². The molecule has 0 spiro atoms. The minimum Gasteiger partial charge on any atom is -0.343 e. The Labute approximate surface area is 153 Å². The molecule has 1 aliphatic heterocycles. The number of anilines is 1. The van der Waals surface area contributed by atoms with E-state index >= 15 is 0 Å². The molecule has 1 amide bonds. The predicted molar refractivity (Wildman–Crippen MR) is 89.8 cm³/mol. The highest BCUT2D eigenvalue weighted by Gasteiger charge is 2.36. The summed E-state index contributed by atoms with van der Waals surface area (Å²) in [7, 11) is 0. The van der Waals surface area contributed by atoms with E-state index in [1.54, 1.807) is 4.90 Å². The van der Waals surface area contributed by atoms with E-state index in [9.17, 15) is 27.6 Å². The molecule has 2 aromatic rings. The number of nitrogens with zero attached hydrogens (tertiary/aromatic N) is 4. The van der Waals surface area contributed by atoms with Crippen LogP contribution in [0, 0.1) is 6.92 Å². The van der Waals surface area contributed by atoms with E-state index < -0.39 is 22.4 Å². The molecule has 2 N–H and O–H groups in total. The van der Waals surface area contributed by atoms with Gasteiger partial charge in [0.2, 0.25) is 16.0 Å². The monoisotopic (exact) mass is 404 g/mol. The van der Waals surface area contributed by atoms with E-state index in [-0.39, 0.29) is 36.1 Å². The number of carbonyl (C=O) groups excluding carboxylic acids is 1. The summed E-state index contributed by atoms with van der Waals surface area (Å²) in [6.45, 7) is 2.70. The Morgan fingerprint density at radius 3 is 2.37 bits per heavy atom. The molecule has 0 saturated carbocycles. The number of aromatic amines is 2. The van der Waals surface area contributed by atoms with Crippen LogP contribution in [0.5, 0.6) is 0 Å². The predicted octanol–water partition coefficient (Wildman–Crippen LogP) is 0.133. The van der Waals surface area contributed by atoms with E-state index in [2.05, 4.69) is 20.2 Å². The normalized spacial score (nSPS) is 15.3. The number of carbonyl (C=O) groups is 1. The fraction of sp³-hybridized carbons (Fsp3) is 0.500. The van der Waals surface area contributed by atoms with Crippen molar-refractivity contribution in [2.45, 2.75) is 19.5 Å². The summed E-state index contributed by atoms with van der Waals surface area (Å²) in [5.41, 5.74) is -0.750. The van der Waals surface area contributed by atoms with Gasteiger partial charge in [0.1, 0.15) is 0 Å². The first kappa shape index (κ1) is 19.1. The Morgan fingerprint density at radius 1 is 1.15 bits per heavy atom. The number of piperazine rings is 1. The maximum atomic E-state index is 12.6. The summed E-state index contributed by atoms with van der Waals surface area (Å²) < 4.78 is 37.9. The number of hydrogen-bond donors (Lipinski definition) is 2. The number of nitrogens with one attached hydrogen (secondary N) is 2. The number of hydrogen-bond acceptors (Lipinski definition) is 7. The molecule has 3 heterocycles. The summed E-state index contributed by atoms with van der Waals surface area (Å²) >= 11 is 0.460. The standard InChI is InChI=1S/C14H15F3N6O3S/c1-7-8(10(25)19-12(26)18-7)6-9(24)22-2-4-23(5-3-22)13-21-20-11(27-13)14(15,16)17/h2-6H2,1H3,(H2,18,19,25,26). The minimum atomic E-state index is -4.53. The average Bonchev–Trinajstić information content (AvgIpc) is 3.08. The molecule has 0 unspecified atom stereocenters. The molecule has 0 bridgehead atoms. The molecule has 2 aromatic heterocycles. The van der Waals surface area contributed by atoms with Gasteiger partial charge < -0.3 is 14.8 Å². The molecule has 0 radical (unpaired) electrons. The van der Waals surface area contributed by atoms with Gasteiger partial charge in [0.05, 0.1) is 6.42 Å². The molecule has 0 aliphatic carbocycles. The van der Waals surface area contributed by atoms with Gasteiger partial charge in [-0.3, -0.25) is 14.6 Å². The second-order valence-corrected chi connectivity index (χ2v) is 6.90. The molecular weight excluding hydrogens is 389 g/mol. The molecular formula is C14H15F3N6O3S. The molecule has 1 aliphatic rings. The number of aryl methyl sites for hydroxylation is 1. The number of aromatic nitrogens is 4. The second-order valence-electron chi connectivity index (χ2n) is 5.94. The molecule has 9 nitrogen and oxygen atoms in total. The highest BCUT2D eigenvalue weighted by Crippen LogP contribution is 2.34. The smallest absolute Gasteiger partial charge is 0.343 e. The quantitative estimate of drug-likeness (QED) is 0.752. The molecule has 1 saturated heterocycles. The van der Waals surface area contributed by atoms with Gasteiger partial charge in [-0.25, -0.2) is 4.79 Å². The Kier molecular flexibility index (Phi) is 5.04. The van der Waals surface area contributed by atoms with Crippen LogP contribution in [0.1, 0.15) is 16.3 Å². The van der Waals surface area contributed by atoms with Crippen LogP contribution in [0.2, 0.25) is 0 Å². The van der Waals surface area contributed by atoms with Crippen molar-refractivity contribution >= 4 is 22.4 Å². The SMILES string of the molecule is Cc1[nH]c(=O)[nH]c(=O)c1CC(=O)N1CCN(c2nnc(C(F)(F)F)s2)CC1. The highest BCUT2D eigenvalue weighted by atomic mass is 32.1. The Morgan fingerprint density at radius 2 is 1.81 bits per heavy atom. The van der Waals surface area contributed by atoms with Crippen LogP contribution in [0.3, 0.4) is 0 Å². The van der Waals surface area contributed by atoms with Crippen molar-refractivity contribution in [2.24, 2.45) is 0 Å². The maximum absolute atomic E-state index is 12.6. The molecule has 0 aromatic carbocycles. The van der Waals surface area contributed by atoms with Crippen molar-refractivity contribution in [1.82, 2.24) is 25.1 Å². The van der Waals surface area contributed by atoms with Gasteiger partial charge in [0.25, 0.3) is 5.56 Å². The topological polar surface area (TPSA) is 115 Å². The lowest BCUT2D eigenvalue weighted by molar-refractivity contribution is -0.138. The molecule has 27 heavy (non-hydrogen) atoms. The van der Waals surface area contributed by atoms with Gasteiger partial charge in [-0.15, -0.1) is 10.2 Å². The molecule has 13 heteroatoms. The number of amides is 1. The number of halogens is 3. The largest absolute Gasteiger partial charge is 0.445 e. The highest BCUT2D eigenvalue weighted by molar-refractivity contribution is 7.15. The van der Waals surface area contributed by atoms with Gasteiger partial charge in [-0.05, 0) is 6.92 Å². The fourth-order valence-electron chi connectivity index (χ4n) is 2.71. The minimum absolute atomic E-state index is 0.155. The van der Waals surface area contributed by atoms with Crippen molar-refractivity contribution in [3.05, 3.63) is 37.1 Å². The lowest BCUT2D eigenvalue weighted by atomic mass is 10.1. The number of H-pyrrole nitrogens is 2. The van der Waals surface area contributed by atoms with Crippen LogP contribution in [-0.4, -0.2) is 57.2 Å². The summed E-state index contributed by atoms with van der Waals surface area (Å²) in [6, 6.07) is 0. The van der Waals surface area contributed by atoms with Gasteiger partial charge in [0, 0.05) is 37.4 Å². The summed E-state index contributed by atoms with van der Waals surface area (Å²) in [6.07, 6.45) is -4.70. The van der Waals surface area contributed by atoms with Gasteiger partial charge in [0.15, 0.2) is 0 Å². The van der Waals surface area contributed by atoms with Crippen molar-refractivity contribution in [2.75, 3.05) is 31.1 Å². The van der Waals surface area contributed by atoms with Gasteiger partial charge in [-0.2, -0.15) is 13.2 Å². The Bertz CT molecular complexity index is 958. The van der Waals surface area contributed by atoms with Crippen molar-refractivity contribution in [3.8, 4) is 0 Å². The second kappa shape index (κ2) is 7.13. The van der Waals surface area contributed by atoms with E-state index in [0.717, 1.165) is 0 Å². The Hall–Kier alpha value is -2.70. The van der Waals surface area contributed by atoms with Crippen LogP contribution in [-0.2, 0) is 17.4 Å². The van der Waals surface area contributed by atoms with Gasteiger partial charge >= 0.3 is 11.9 Å². The number of rotatable bonds is 3. The number of alkyl halides is 3. The zero-order valence-electron chi connectivity index (χ0n) is 14.1. The van der Waals surface area contributed by atoms with E-state index in [1.807, 2.05) is 0 Å². The zero-order chi connectivity index (χ0) is 19.8. The first-order valence-corrected chi connectivity index (χ1v) is 8.72. The van der Waals surface area contributed by atoms with Crippen LogP contribution in [0.4, 0.5) is 18.3 Å². The molecule has 146 valence electrons. The summed E-state index contributed by atoms with van der Waals surface area (Å²) in [4.78, 5) is 43.1. The van der Waals surface area contributed by atoms with Gasteiger partial charge in [-0.1, -0.05) is 11.3 Å². The van der Waals surface area contributed by atoms with E-state index in [4.69, 9.17) is 0 Å². The zero-order valence-corrected chi connectivity index (χ0v) is 14.9. The first-order chi connectivity index (χ1) is 12.6. The average molecular weight is 404 g/mol. The van der Waals surface area contributed by atoms with Crippen LogP contribution >= 0.6 is 11.3 Å². The van der Waals surface area contributed by atoms with Crippen LogP contribution < -0.4 is 16.1 Å². The lowest BCUT2D eigenvalue weighted by Crippen LogP contribution is -2.49. The lowest BCUT2D eigenvalue weighted by Gasteiger charge is -2.34. The summed E-state index contributed by atoms with van der Waals surface area (Å²) in [5.74, 6) is -0.302. The Balaban J connectivity index is 1.62. The maximum Gasteiger partial charge on any atom is 0.445 e. The fourth-order valence-corrected chi connectivity index (χ4v) is 3.47. The third-order valence-corrected chi connectivity index (χ3v) is 5.17. The van der Waals surface area contributed by atoms with Crippen LogP contribution in [0.15, 0.2) is 9.59 Å². The van der Waals surface area contributed by atoms with E-state index in [1.165, 1.54) is 11.8 Å². The van der Waals surface area contributed by atoms with Crippen LogP contribution in [0.25, 0.3) is 0 Å². The van der Waals surface area contributed by atoms with Crippen molar-refractivity contribution in [3.63, 3.8) is 0 Å². The van der Waals surface area contributed by atoms with Crippen molar-refractivity contribution < 1.29 is 18.0 Å². The molecule has 1 fully saturated rings. The van der Waals surface area contributed by atoms with E-state index in [0.29, 0.717) is 30.1 Å². The third kappa shape index (κ3) is 4.18. The molecule has 0 atom stereocenters.